The Kier molecular flexibility index (Phi) is 2.28. The molecule has 5 heteroatoms. The molecule has 14 heavy (non-hydrogen) atoms. The normalized spacial score (nSPS) is 38.5. The summed E-state index contributed by atoms with van der Waals surface area (Å²) < 4.78 is 5.55. The third kappa shape index (κ3) is 1.33. The number of hydrogen-bond donors (Lipinski definition) is 2. The average molecular weight is 198 g/mol. The standard InChI is InChI=1S/C9H14N2O3/c1-6-4-7(12)11-8(13)9(6)5-10-2-3-14-9/h6,10H,2-5H2,1H3,(H,11,12,13). The van der Waals surface area contributed by atoms with E-state index in [2.05, 4.69) is 10.6 Å². The number of imide groups is 1. The highest BCUT2D eigenvalue weighted by Crippen LogP contribution is 2.29. The molecule has 0 radical (unpaired) electrons. The lowest BCUT2D eigenvalue weighted by molar-refractivity contribution is -0.168. The van der Waals surface area contributed by atoms with Gasteiger partial charge in [-0.25, -0.2) is 0 Å². The molecular weight excluding hydrogens is 184 g/mol. The van der Waals surface area contributed by atoms with Crippen LogP contribution in [0.25, 0.3) is 0 Å². The number of piperidine rings is 1. The molecule has 1 spiro atoms. The van der Waals surface area contributed by atoms with Crippen molar-refractivity contribution in [2.24, 2.45) is 5.92 Å². The van der Waals surface area contributed by atoms with Crippen LogP contribution in [0.5, 0.6) is 0 Å². The van der Waals surface area contributed by atoms with Gasteiger partial charge < -0.3 is 10.1 Å². The monoisotopic (exact) mass is 198 g/mol. The van der Waals surface area contributed by atoms with Gasteiger partial charge in [0, 0.05) is 25.4 Å². The number of hydrogen-bond acceptors (Lipinski definition) is 4. The van der Waals surface area contributed by atoms with Crippen LogP contribution < -0.4 is 10.6 Å². The summed E-state index contributed by atoms with van der Waals surface area (Å²) in [5, 5.41) is 5.45. The molecular formula is C9H14N2O3. The van der Waals surface area contributed by atoms with Crippen molar-refractivity contribution in [2.45, 2.75) is 18.9 Å². The van der Waals surface area contributed by atoms with Crippen molar-refractivity contribution in [3.63, 3.8) is 0 Å². The third-order valence-electron chi connectivity index (χ3n) is 2.95. The van der Waals surface area contributed by atoms with E-state index < -0.39 is 5.60 Å². The Morgan fingerprint density at radius 3 is 2.86 bits per heavy atom. The second-order valence-corrected chi connectivity index (χ2v) is 3.90. The zero-order valence-electron chi connectivity index (χ0n) is 8.13. The maximum Gasteiger partial charge on any atom is 0.260 e. The highest BCUT2D eigenvalue weighted by molar-refractivity contribution is 6.02. The average Bonchev–Trinajstić information content (AvgIpc) is 2.16. The molecule has 2 saturated heterocycles. The smallest absolute Gasteiger partial charge is 0.260 e. The first-order valence-corrected chi connectivity index (χ1v) is 4.84. The number of carbonyl (C=O) groups is 2. The molecule has 0 bridgehead atoms. The number of ether oxygens (including phenoxy) is 1. The summed E-state index contributed by atoms with van der Waals surface area (Å²) in [5.74, 6) is -0.563. The Hall–Kier alpha value is -0.940. The molecule has 5 nitrogen and oxygen atoms in total. The summed E-state index contributed by atoms with van der Waals surface area (Å²) in [7, 11) is 0. The van der Waals surface area contributed by atoms with Gasteiger partial charge in [-0.1, -0.05) is 6.92 Å². The molecule has 0 aromatic carbocycles. The first-order valence-electron chi connectivity index (χ1n) is 4.84. The van der Waals surface area contributed by atoms with Gasteiger partial charge in [0.25, 0.3) is 5.91 Å². The zero-order chi connectivity index (χ0) is 10.2. The molecule has 0 saturated carbocycles. The van der Waals surface area contributed by atoms with E-state index in [1.165, 1.54) is 0 Å². The van der Waals surface area contributed by atoms with Gasteiger partial charge in [0.15, 0.2) is 5.60 Å². The van der Waals surface area contributed by atoms with Crippen LogP contribution in [0, 0.1) is 5.92 Å². The molecule has 2 aliphatic rings. The SMILES string of the molecule is CC1CC(=O)NC(=O)C12CNCCO2. The van der Waals surface area contributed by atoms with Crippen LogP contribution in [0.1, 0.15) is 13.3 Å². The summed E-state index contributed by atoms with van der Waals surface area (Å²) in [6.07, 6.45) is 0.355. The van der Waals surface area contributed by atoms with Crippen molar-refractivity contribution in [2.75, 3.05) is 19.7 Å². The van der Waals surface area contributed by atoms with Crippen LogP contribution in [0.4, 0.5) is 0 Å². The summed E-state index contributed by atoms with van der Waals surface area (Å²) in [6.45, 7) is 3.65. The molecule has 2 unspecified atom stereocenters. The van der Waals surface area contributed by atoms with Gasteiger partial charge in [0.1, 0.15) is 0 Å². The number of carbonyl (C=O) groups excluding carboxylic acids is 2. The summed E-state index contributed by atoms with van der Waals surface area (Å²) >= 11 is 0. The summed E-state index contributed by atoms with van der Waals surface area (Å²) in [4.78, 5) is 22.8. The minimum absolute atomic E-state index is 0.0588. The fourth-order valence-corrected chi connectivity index (χ4v) is 2.04. The first-order chi connectivity index (χ1) is 6.65. The highest BCUT2D eigenvalue weighted by atomic mass is 16.5. The van der Waals surface area contributed by atoms with Crippen molar-refractivity contribution >= 4 is 11.8 Å². The van der Waals surface area contributed by atoms with E-state index in [4.69, 9.17) is 4.74 Å². The lowest BCUT2D eigenvalue weighted by atomic mass is 9.81. The van der Waals surface area contributed by atoms with Crippen molar-refractivity contribution in [1.29, 1.82) is 0 Å². The Morgan fingerprint density at radius 1 is 1.50 bits per heavy atom. The van der Waals surface area contributed by atoms with E-state index >= 15 is 0 Å². The minimum Gasteiger partial charge on any atom is -0.362 e. The second kappa shape index (κ2) is 3.33. The number of nitrogens with one attached hydrogen (secondary N) is 2. The predicted molar refractivity (Wildman–Crippen MR) is 48.5 cm³/mol. The Bertz CT molecular complexity index is 271. The van der Waals surface area contributed by atoms with Crippen LogP contribution in [0.2, 0.25) is 0 Å². The summed E-state index contributed by atoms with van der Waals surface area (Å²) in [5.41, 5.74) is -0.827. The van der Waals surface area contributed by atoms with E-state index in [1.54, 1.807) is 0 Å². The molecule has 0 aromatic heterocycles. The maximum absolute atomic E-state index is 11.7. The van der Waals surface area contributed by atoms with Gasteiger partial charge in [-0.05, 0) is 0 Å². The van der Waals surface area contributed by atoms with Crippen molar-refractivity contribution in [3.8, 4) is 0 Å². The molecule has 2 fully saturated rings. The fourth-order valence-electron chi connectivity index (χ4n) is 2.04. The first kappa shape index (κ1) is 9.61. The molecule has 2 aliphatic heterocycles. The van der Waals surface area contributed by atoms with Crippen LogP contribution >= 0.6 is 0 Å². The second-order valence-electron chi connectivity index (χ2n) is 3.90. The molecule has 0 aliphatic carbocycles. The van der Waals surface area contributed by atoms with E-state index in [0.717, 1.165) is 6.54 Å². The molecule has 2 atom stereocenters. The van der Waals surface area contributed by atoms with Crippen LogP contribution in [0.15, 0.2) is 0 Å². The van der Waals surface area contributed by atoms with Crippen LogP contribution in [0.3, 0.4) is 0 Å². The fraction of sp³-hybridized carbons (Fsp3) is 0.778. The van der Waals surface area contributed by atoms with E-state index in [-0.39, 0.29) is 17.7 Å². The summed E-state index contributed by atoms with van der Waals surface area (Å²) in [6, 6.07) is 0. The Balaban J connectivity index is 2.22. The van der Waals surface area contributed by atoms with Crippen molar-refractivity contribution in [3.05, 3.63) is 0 Å². The number of amides is 2. The quantitative estimate of drug-likeness (QED) is 0.491. The largest absolute Gasteiger partial charge is 0.362 e. The van der Waals surface area contributed by atoms with Gasteiger partial charge in [0.2, 0.25) is 5.91 Å². The third-order valence-corrected chi connectivity index (χ3v) is 2.95. The molecule has 2 rings (SSSR count). The molecule has 78 valence electrons. The van der Waals surface area contributed by atoms with E-state index in [9.17, 15) is 9.59 Å². The Labute approximate surface area is 82.2 Å². The van der Waals surface area contributed by atoms with Crippen LogP contribution in [-0.2, 0) is 14.3 Å². The minimum atomic E-state index is -0.827. The van der Waals surface area contributed by atoms with Crippen molar-refractivity contribution < 1.29 is 14.3 Å². The number of rotatable bonds is 0. The molecule has 2 N–H and O–H groups in total. The predicted octanol–water partition coefficient (Wildman–Crippen LogP) is -0.972. The zero-order valence-corrected chi connectivity index (χ0v) is 8.13. The highest BCUT2D eigenvalue weighted by Gasteiger charge is 2.50. The lowest BCUT2D eigenvalue weighted by Crippen LogP contribution is -2.66. The van der Waals surface area contributed by atoms with Gasteiger partial charge in [-0.15, -0.1) is 0 Å². The van der Waals surface area contributed by atoms with Gasteiger partial charge >= 0.3 is 0 Å². The van der Waals surface area contributed by atoms with Crippen LogP contribution in [-0.4, -0.2) is 37.1 Å². The van der Waals surface area contributed by atoms with Gasteiger partial charge in [0.05, 0.1) is 6.61 Å². The lowest BCUT2D eigenvalue weighted by Gasteiger charge is -2.42. The molecule has 2 amide bonds. The topological polar surface area (TPSA) is 67.4 Å². The van der Waals surface area contributed by atoms with Crippen molar-refractivity contribution in [1.82, 2.24) is 10.6 Å². The van der Waals surface area contributed by atoms with E-state index in [0.29, 0.717) is 19.6 Å². The van der Waals surface area contributed by atoms with Gasteiger partial charge in [-0.2, -0.15) is 0 Å². The number of morpholine rings is 1. The van der Waals surface area contributed by atoms with E-state index in [1.807, 2.05) is 6.92 Å². The molecule has 2 heterocycles. The molecule has 0 aromatic rings. The van der Waals surface area contributed by atoms with Gasteiger partial charge in [-0.3, -0.25) is 14.9 Å². The maximum atomic E-state index is 11.7. The Morgan fingerprint density at radius 2 is 2.29 bits per heavy atom.